The van der Waals surface area contributed by atoms with Crippen molar-refractivity contribution in [1.82, 2.24) is 0 Å². The van der Waals surface area contributed by atoms with E-state index in [1.807, 2.05) is 0 Å². The molecule has 0 aromatic heterocycles. The fourth-order valence-corrected chi connectivity index (χ4v) is 7.64. The SMILES string of the molecule is CCCCC/C=C\C/C=C\CCCCCCCC(=O)OC(COC(=O)CCCCCCCCCCCCCCCCCCCCCCC)COP(=O)(O)OCC(O)CO. The van der Waals surface area contributed by atoms with Crippen LogP contribution >= 0.6 is 7.82 Å². The van der Waals surface area contributed by atoms with Crippen LogP contribution in [-0.4, -0.2) is 65.7 Å². The maximum Gasteiger partial charge on any atom is 0.472 e. The molecule has 0 saturated heterocycles. The molecule has 3 unspecified atom stereocenters. The summed E-state index contributed by atoms with van der Waals surface area (Å²) in [7, 11) is -4.62. The number of allylic oxidation sites excluding steroid dienone is 4. The van der Waals surface area contributed by atoms with E-state index in [1.54, 1.807) is 0 Å². The summed E-state index contributed by atoms with van der Waals surface area (Å²) in [6.45, 7) is 2.38. The fraction of sp³-hybridized carbons (Fsp3) is 0.875. The molecule has 0 aliphatic carbocycles. The van der Waals surface area contributed by atoms with Crippen LogP contribution in [0.2, 0.25) is 0 Å². The van der Waals surface area contributed by atoms with E-state index in [1.165, 1.54) is 128 Å². The molecule has 0 aromatic carbocycles. The van der Waals surface area contributed by atoms with Crippen molar-refractivity contribution in [2.24, 2.45) is 0 Å². The van der Waals surface area contributed by atoms with Gasteiger partial charge < -0.3 is 24.6 Å². The molecule has 0 aromatic rings. The van der Waals surface area contributed by atoms with Gasteiger partial charge in [-0.1, -0.05) is 199 Å². The molecule has 0 aliphatic rings. The largest absolute Gasteiger partial charge is 0.472 e. The molecule has 0 fully saturated rings. The van der Waals surface area contributed by atoms with Gasteiger partial charge in [0.05, 0.1) is 19.8 Å². The third kappa shape index (κ3) is 44.3. The van der Waals surface area contributed by atoms with Gasteiger partial charge in [0.2, 0.25) is 0 Å². The summed E-state index contributed by atoms with van der Waals surface area (Å²) in [6, 6.07) is 0. The van der Waals surface area contributed by atoms with E-state index < -0.39 is 51.8 Å². The topological polar surface area (TPSA) is 149 Å². The first-order valence-electron chi connectivity index (χ1n) is 24.3. The van der Waals surface area contributed by atoms with Gasteiger partial charge in [-0.05, 0) is 44.9 Å². The van der Waals surface area contributed by atoms with Crippen LogP contribution in [0.4, 0.5) is 0 Å². The smallest absolute Gasteiger partial charge is 0.462 e. The number of carbonyl (C=O) groups excluding carboxylic acids is 2. The van der Waals surface area contributed by atoms with Gasteiger partial charge >= 0.3 is 19.8 Å². The van der Waals surface area contributed by atoms with Crippen LogP contribution in [0.25, 0.3) is 0 Å². The maximum absolute atomic E-state index is 12.6. The Balaban J connectivity index is 4.17. The van der Waals surface area contributed by atoms with E-state index in [-0.39, 0.29) is 19.4 Å². The van der Waals surface area contributed by atoms with Crippen LogP contribution in [0.3, 0.4) is 0 Å². The number of esters is 2. The molecule has 0 rings (SSSR count). The zero-order chi connectivity index (χ0) is 43.3. The fourth-order valence-electron chi connectivity index (χ4n) is 6.85. The van der Waals surface area contributed by atoms with Gasteiger partial charge in [-0.2, -0.15) is 0 Å². The van der Waals surface area contributed by atoms with E-state index in [9.17, 15) is 24.2 Å². The number of phosphoric acid groups is 1. The highest BCUT2D eigenvalue weighted by atomic mass is 31.2. The van der Waals surface area contributed by atoms with Gasteiger partial charge in [0.15, 0.2) is 6.10 Å². The Morgan fingerprint density at radius 2 is 0.881 bits per heavy atom. The number of aliphatic hydroxyl groups is 2. The van der Waals surface area contributed by atoms with Crippen molar-refractivity contribution in [3.63, 3.8) is 0 Å². The Morgan fingerprint density at radius 3 is 1.34 bits per heavy atom. The van der Waals surface area contributed by atoms with Gasteiger partial charge in [-0.15, -0.1) is 0 Å². The van der Waals surface area contributed by atoms with Gasteiger partial charge in [0.1, 0.15) is 12.7 Å². The van der Waals surface area contributed by atoms with Crippen molar-refractivity contribution in [3.05, 3.63) is 24.3 Å². The van der Waals surface area contributed by atoms with Crippen molar-refractivity contribution >= 4 is 19.8 Å². The van der Waals surface area contributed by atoms with Gasteiger partial charge in [-0.25, -0.2) is 4.57 Å². The van der Waals surface area contributed by atoms with Crippen LogP contribution in [-0.2, 0) is 32.7 Å². The van der Waals surface area contributed by atoms with Crippen molar-refractivity contribution in [2.45, 2.75) is 244 Å². The average Bonchev–Trinajstić information content (AvgIpc) is 3.22. The lowest BCUT2D eigenvalue weighted by atomic mass is 10.0. The number of phosphoric ester groups is 1. The van der Waals surface area contributed by atoms with Gasteiger partial charge in [0, 0.05) is 12.8 Å². The van der Waals surface area contributed by atoms with E-state index in [0.717, 1.165) is 64.2 Å². The highest BCUT2D eigenvalue weighted by Crippen LogP contribution is 2.43. The first kappa shape index (κ1) is 57.4. The van der Waals surface area contributed by atoms with Crippen LogP contribution in [0, 0.1) is 0 Å². The molecule has 10 nitrogen and oxygen atoms in total. The molecular weight excluding hydrogens is 767 g/mol. The standard InChI is InChI=1S/C48H91O10P/c1-3-5-7-9-11-13-15-17-19-20-21-22-23-24-26-27-29-31-33-35-37-39-47(51)55-43-46(44-57-59(53,54)56-42-45(50)41-49)58-48(52)40-38-36-34-32-30-28-25-18-16-14-12-10-8-6-4-2/h12,14,18,25,45-46,49-50H,3-11,13,15-17,19-24,26-44H2,1-2H3,(H,53,54)/b14-12-,25-18-. The predicted molar refractivity (Wildman–Crippen MR) is 242 cm³/mol. The minimum Gasteiger partial charge on any atom is -0.462 e. The molecule has 0 radical (unpaired) electrons. The van der Waals surface area contributed by atoms with Gasteiger partial charge in [-0.3, -0.25) is 18.6 Å². The Hall–Kier alpha value is -1.55. The van der Waals surface area contributed by atoms with Crippen LogP contribution in [0.5, 0.6) is 0 Å². The predicted octanol–water partition coefficient (Wildman–Crippen LogP) is 13.3. The summed E-state index contributed by atoms with van der Waals surface area (Å²) in [6.07, 6.45) is 45.7. The minimum absolute atomic E-state index is 0.171. The summed E-state index contributed by atoms with van der Waals surface area (Å²) < 4.78 is 32.8. The normalized spacial score (nSPS) is 13.9. The number of hydrogen-bond acceptors (Lipinski definition) is 9. The highest BCUT2D eigenvalue weighted by molar-refractivity contribution is 7.47. The summed E-state index contributed by atoms with van der Waals surface area (Å²) in [5.41, 5.74) is 0. The number of unbranched alkanes of at least 4 members (excludes halogenated alkanes) is 28. The lowest BCUT2D eigenvalue weighted by Gasteiger charge is -2.20. The first-order valence-corrected chi connectivity index (χ1v) is 25.8. The molecule has 0 heterocycles. The quantitative estimate of drug-likeness (QED) is 0.0234. The minimum atomic E-state index is -4.62. The number of rotatable bonds is 46. The second-order valence-corrected chi connectivity index (χ2v) is 17.9. The van der Waals surface area contributed by atoms with Crippen LogP contribution < -0.4 is 0 Å². The van der Waals surface area contributed by atoms with Crippen molar-refractivity contribution in [1.29, 1.82) is 0 Å². The Labute approximate surface area is 361 Å². The number of carbonyl (C=O) groups is 2. The van der Waals surface area contributed by atoms with Gasteiger partial charge in [0.25, 0.3) is 0 Å². The zero-order valence-corrected chi connectivity index (χ0v) is 38.9. The molecular formula is C48H91O10P. The van der Waals surface area contributed by atoms with Crippen molar-refractivity contribution < 1.29 is 47.8 Å². The maximum atomic E-state index is 12.6. The third-order valence-corrected chi connectivity index (χ3v) is 11.6. The molecule has 11 heteroatoms. The lowest BCUT2D eigenvalue weighted by Crippen LogP contribution is -2.29. The van der Waals surface area contributed by atoms with E-state index >= 15 is 0 Å². The summed E-state index contributed by atoms with van der Waals surface area (Å²) >= 11 is 0. The van der Waals surface area contributed by atoms with E-state index in [2.05, 4.69) is 38.2 Å². The number of aliphatic hydroxyl groups excluding tert-OH is 2. The second kappa shape index (κ2) is 44.5. The second-order valence-electron chi connectivity index (χ2n) is 16.5. The van der Waals surface area contributed by atoms with E-state index in [4.69, 9.17) is 23.6 Å². The third-order valence-electron chi connectivity index (χ3n) is 10.6. The summed E-state index contributed by atoms with van der Waals surface area (Å²) in [5, 5.41) is 18.4. The molecule has 348 valence electrons. The lowest BCUT2D eigenvalue weighted by molar-refractivity contribution is -0.161. The molecule has 3 N–H and O–H groups in total. The van der Waals surface area contributed by atoms with Crippen molar-refractivity contribution in [2.75, 3.05) is 26.4 Å². The van der Waals surface area contributed by atoms with Crippen LogP contribution in [0.1, 0.15) is 232 Å². The number of hydrogen-bond donors (Lipinski definition) is 3. The van der Waals surface area contributed by atoms with E-state index in [0.29, 0.717) is 12.8 Å². The highest BCUT2D eigenvalue weighted by Gasteiger charge is 2.27. The monoisotopic (exact) mass is 859 g/mol. The first-order chi connectivity index (χ1) is 28.7. The molecule has 59 heavy (non-hydrogen) atoms. The molecule has 3 atom stereocenters. The van der Waals surface area contributed by atoms with Crippen LogP contribution in [0.15, 0.2) is 24.3 Å². The molecule has 0 saturated carbocycles. The summed E-state index contributed by atoms with van der Waals surface area (Å²) in [4.78, 5) is 35.1. The average molecular weight is 859 g/mol. The Kier molecular flexibility index (Phi) is 43.3. The Bertz CT molecular complexity index is 1040. The number of ether oxygens (including phenoxy) is 2. The molecule has 0 aliphatic heterocycles. The molecule has 0 bridgehead atoms. The molecule has 0 amide bonds. The Morgan fingerprint density at radius 1 is 0.508 bits per heavy atom. The van der Waals surface area contributed by atoms with Crippen molar-refractivity contribution in [3.8, 4) is 0 Å². The molecule has 0 spiro atoms. The summed E-state index contributed by atoms with van der Waals surface area (Å²) in [5.74, 6) is -0.929. The zero-order valence-electron chi connectivity index (χ0n) is 38.0.